The lowest BCUT2D eigenvalue weighted by Gasteiger charge is -2.32. The van der Waals surface area contributed by atoms with Crippen LogP contribution in [0.15, 0.2) is 22.7 Å². The van der Waals surface area contributed by atoms with Crippen molar-refractivity contribution in [2.45, 2.75) is 52.1 Å². The van der Waals surface area contributed by atoms with E-state index in [0.29, 0.717) is 0 Å². The third kappa shape index (κ3) is 2.66. The Hall–Kier alpha value is -0.315. The minimum Gasteiger partial charge on any atom is -0.403 e. The minimum atomic E-state index is -0.250. The Kier molecular flexibility index (Phi) is 3.65. The molecular weight excluding hydrogens is 291 g/mol. The average molecular weight is 311 g/mol. The average Bonchev–Trinajstić information content (AvgIpc) is 2.41. The van der Waals surface area contributed by atoms with Crippen LogP contribution in [0.5, 0.6) is 0 Å². The van der Waals surface area contributed by atoms with Crippen molar-refractivity contribution in [1.82, 2.24) is 0 Å². The molecule has 0 aromatic heterocycles. The molecule has 0 N–H and O–H groups in total. The summed E-state index contributed by atoms with van der Waals surface area (Å²) in [5.74, 6) is 0. The second kappa shape index (κ2) is 4.66. The van der Waals surface area contributed by atoms with Crippen molar-refractivity contribution in [3.63, 3.8) is 0 Å². The highest BCUT2D eigenvalue weighted by Gasteiger charge is 2.50. The molecule has 0 amide bonds. The molecule has 98 valence electrons. The molecule has 0 spiro atoms. The molecule has 1 aliphatic heterocycles. The summed E-state index contributed by atoms with van der Waals surface area (Å²) in [6.07, 6.45) is 0.783. The van der Waals surface area contributed by atoms with Crippen molar-refractivity contribution < 1.29 is 9.31 Å². The predicted octanol–water partition coefficient (Wildman–Crippen LogP) is 3.93. The minimum absolute atomic E-state index is 0.162. The van der Waals surface area contributed by atoms with Gasteiger partial charge in [0.25, 0.3) is 0 Å². The molecule has 1 fully saturated rings. The van der Waals surface area contributed by atoms with Gasteiger partial charge in [0.2, 0.25) is 0 Å². The number of rotatable bonds is 2. The number of benzene rings is 1. The zero-order valence-electron chi connectivity index (χ0n) is 11.7. The van der Waals surface area contributed by atoms with Crippen LogP contribution in [0, 0.1) is 6.92 Å². The van der Waals surface area contributed by atoms with Crippen LogP contribution in [0.1, 0.15) is 38.8 Å². The van der Waals surface area contributed by atoms with Crippen LogP contribution in [0.2, 0.25) is 0 Å². The molecule has 18 heavy (non-hydrogen) atoms. The zero-order chi connectivity index (χ0) is 13.6. The van der Waals surface area contributed by atoms with E-state index >= 15 is 0 Å². The van der Waals surface area contributed by atoms with E-state index in [1.54, 1.807) is 0 Å². The van der Waals surface area contributed by atoms with Gasteiger partial charge in [-0.05, 0) is 51.8 Å². The molecule has 2 nitrogen and oxygen atoms in total. The first-order valence-corrected chi connectivity index (χ1v) is 7.11. The van der Waals surface area contributed by atoms with E-state index in [0.717, 1.165) is 10.8 Å². The first kappa shape index (κ1) is 14.1. The molecule has 1 saturated heterocycles. The fraction of sp³-hybridized carbons (Fsp3) is 0.571. The predicted molar refractivity (Wildman–Crippen MR) is 78.7 cm³/mol. The Labute approximate surface area is 118 Å². The van der Waals surface area contributed by atoms with Gasteiger partial charge in [0, 0.05) is 10.8 Å². The van der Waals surface area contributed by atoms with Gasteiger partial charge in [-0.1, -0.05) is 28.1 Å². The summed E-state index contributed by atoms with van der Waals surface area (Å²) in [5, 5.41) is 0. The molecule has 0 radical (unpaired) electrons. The molecule has 0 saturated carbocycles. The second-order valence-electron chi connectivity index (χ2n) is 5.97. The summed E-state index contributed by atoms with van der Waals surface area (Å²) in [7, 11) is -0.162. The standard InChI is InChI=1S/C14H20BBrO2/c1-10-6-7-11(8-12(10)16)9-15-17-13(2,3)14(4,5)18-15/h6-8H,9H2,1-5H3. The molecule has 0 unspecified atom stereocenters. The van der Waals surface area contributed by atoms with Crippen LogP contribution in [0.3, 0.4) is 0 Å². The van der Waals surface area contributed by atoms with Gasteiger partial charge < -0.3 is 9.31 Å². The number of halogens is 1. The maximum Gasteiger partial charge on any atom is 0.462 e. The Morgan fingerprint density at radius 3 is 2.17 bits per heavy atom. The van der Waals surface area contributed by atoms with Gasteiger partial charge in [-0.25, -0.2) is 0 Å². The van der Waals surface area contributed by atoms with E-state index in [1.807, 2.05) is 0 Å². The van der Waals surface area contributed by atoms with E-state index in [2.05, 4.69) is 68.7 Å². The summed E-state index contributed by atoms with van der Waals surface area (Å²) in [5.41, 5.74) is 1.97. The number of hydrogen-bond acceptors (Lipinski definition) is 2. The van der Waals surface area contributed by atoms with Gasteiger partial charge in [-0.15, -0.1) is 0 Å². The van der Waals surface area contributed by atoms with Crippen LogP contribution in [-0.2, 0) is 15.6 Å². The molecule has 2 rings (SSSR count). The lowest BCUT2D eigenvalue weighted by Crippen LogP contribution is -2.41. The lowest BCUT2D eigenvalue weighted by atomic mass is 9.80. The largest absolute Gasteiger partial charge is 0.462 e. The van der Waals surface area contributed by atoms with Crippen LogP contribution in [0.4, 0.5) is 0 Å². The SMILES string of the molecule is Cc1ccc(CB2OC(C)(C)C(C)(C)O2)cc1Br. The van der Waals surface area contributed by atoms with Gasteiger partial charge in [-0.2, -0.15) is 0 Å². The van der Waals surface area contributed by atoms with Crippen LogP contribution in [0.25, 0.3) is 0 Å². The van der Waals surface area contributed by atoms with Gasteiger partial charge in [0.05, 0.1) is 11.2 Å². The first-order chi connectivity index (χ1) is 8.21. The Balaban J connectivity index is 2.10. The van der Waals surface area contributed by atoms with E-state index in [1.165, 1.54) is 11.1 Å². The van der Waals surface area contributed by atoms with Crippen molar-refractivity contribution >= 4 is 23.0 Å². The number of hydrogen-bond donors (Lipinski definition) is 0. The molecular formula is C14H20BBrO2. The third-order valence-corrected chi connectivity index (χ3v) is 4.80. The van der Waals surface area contributed by atoms with Crippen molar-refractivity contribution in [1.29, 1.82) is 0 Å². The fourth-order valence-corrected chi connectivity index (χ4v) is 2.43. The third-order valence-electron chi connectivity index (χ3n) is 3.94. The van der Waals surface area contributed by atoms with E-state index in [9.17, 15) is 0 Å². The highest BCUT2D eigenvalue weighted by Crippen LogP contribution is 2.37. The zero-order valence-corrected chi connectivity index (χ0v) is 13.3. The summed E-state index contributed by atoms with van der Waals surface area (Å²) in [6, 6.07) is 6.39. The monoisotopic (exact) mass is 310 g/mol. The Bertz CT molecular complexity index is 441. The second-order valence-corrected chi connectivity index (χ2v) is 6.83. The summed E-state index contributed by atoms with van der Waals surface area (Å²) in [4.78, 5) is 0. The Morgan fingerprint density at radius 2 is 1.67 bits per heavy atom. The number of aryl methyl sites for hydroxylation is 1. The maximum atomic E-state index is 6.00. The topological polar surface area (TPSA) is 18.5 Å². The van der Waals surface area contributed by atoms with Crippen LogP contribution < -0.4 is 0 Å². The quantitative estimate of drug-likeness (QED) is 0.771. The van der Waals surface area contributed by atoms with E-state index in [-0.39, 0.29) is 18.3 Å². The molecule has 4 heteroatoms. The molecule has 1 aromatic carbocycles. The van der Waals surface area contributed by atoms with Crippen LogP contribution >= 0.6 is 15.9 Å². The summed E-state index contributed by atoms with van der Waals surface area (Å²) in [6.45, 7) is 10.4. The lowest BCUT2D eigenvalue weighted by molar-refractivity contribution is 0.00578. The highest BCUT2D eigenvalue weighted by atomic mass is 79.9. The maximum absolute atomic E-state index is 6.00. The van der Waals surface area contributed by atoms with Crippen molar-refractivity contribution in [2.24, 2.45) is 0 Å². The van der Waals surface area contributed by atoms with Crippen molar-refractivity contribution in [3.05, 3.63) is 33.8 Å². The Morgan fingerprint density at radius 1 is 1.11 bits per heavy atom. The van der Waals surface area contributed by atoms with Gasteiger partial charge in [-0.3, -0.25) is 0 Å². The molecule has 0 atom stereocenters. The molecule has 1 aliphatic rings. The van der Waals surface area contributed by atoms with Crippen LogP contribution in [-0.4, -0.2) is 18.3 Å². The fourth-order valence-electron chi connectivity index (χ4n) is 2.00. The first-order valence-electron chi connectivity index (χ1n) is 6.32. The normalized spacial score (nSPS) is 21.3. The summed E-state index contributed by atoms with van der Waals surface area (Å²) < 4.78 is 13.1. The molecule has 1 aromatic rings. The van der Waals surface area contributed by atoms with Gasteiger partial charge >= 0.3 is 7.12 Å². The smallest absolute Gasteiger partial charge is 0.403 e. The highest BCUT2D eigenvalue weighted by molar-refractivity contribution is 9.10. The molecule has 1 heterocycles. The molecule has 0 bridgehead atoms. The summed E-state index contributed by atoms with van der Waals surface area (Å²) >= 11 is 3.56. The molecule has 0 aliphatic carbocycles. The van der Waals surface area contributed by atoms with E-state index in [4.69, 9.17) is 9.31 Å². The van der Waals surface area contributed by atoms with Gasteiger partial charge in [0.1, 0.15) is 0 Å². The van der Waals surface area contributed by atoms with E-state index < -0.39 is 0 Å². The van der Waals surface area contributed by atoms with Gasteiger partial charge in [0.15, 0.2) is 0 Å². The van der Waals surface area contributed by atoms with Crippen molar-refractivity contribution in [3.8, 4) is 0 Å². The van der Waals surface area contributed by atoms with Crippen molar-refractivity contribution in [2.75, 3.05) is 0 Å².